The van der Waals surface area contributed by atoms with Crippen molar-refractivity contribution in [1.82, 2.24) is 9.55 Å². The van der Waals surface area contributed by atoms with Crippen molar-refractivity contribution in [3.8, 4) is 0 Å². The molecule has 1 aromatic carbocycles. The van der Waals surface area contributed by atoms with Crippen molar-refractivity contribution in [1.29, 1.82) is 0 Å². The summed E-state index contributed by atoms with van der Waals surface area (Å²) in [5, 5.41) is 3.44. The van der Waals surface area contributed by atoms with Crippen LogP contribution in [-0.4, -0.2) is 9.55 Å². The lowest BCUT2D eigenvalue weighted by Crippen LogP contribution is -2.20. The van der Waals surface area contributed by atoms with Gasteiger partial charge in [0.15, 0.2) is 0 Å². The van der Waals surface area contributed by atoms with Gasteiger partial charge in [-0.15, -0.1) is 0 Å². The van der Waals surface area contributed by atoms with Crippen molar-refractivity contribution in [3.05, 3.63) is 42.2 Å². The highest BCUT2D eigenvalue weighted by atomic mass is 15.2. The number of nitrogens with one attached hydrogen (secondary N) is 1. The van der Waals surface area contributed by atoms with Crippen LogP contribution in [0.4, 0.5) is 11.6 Å². The first-order valence-corrected chi connectivity index (χ1v) is 7.51. The number of aromatic nitrogens is 2. The number of para-hydroxylation sites is 1. The zero-order valence-electron chi connectivity index (χ0n) is 12.4. The maximum atomic E-state index is 4.63. The molecule has 1 aliphatic rings. The van der Waals surface area contributed by atoms with Gasteiger partial charge in [-0.25, -0.2) is 4.98 Å². The van der Waals surface area contributed by atoms with Crippen LogP contribution in [0.1, 0.15) is 38.3 Å². The summed E-state index contributed by atoms with van der Waals surface area (Å²) in [6, 6.07) is 10.3. The van der Waals surface area contributed by atoms with Crippen molar-refractivity contribution in [2.24, 2.45) is 5.41 Å². The van der Waals surface area contributed by atoms with Gasteiger partial charge in [-0.05, 0) is 37.3 Å². The molecule has 3 heteroatoms. The van der Waals surface area contributed by atoms with Gasteiger partial charge >= 0.3 is 0 Å². The lowest BCUT2D eigenvalue weighted by atomic mass is 9.89. The average molecular weight is 269 g/mol. The zero-order chi connectivity index (χ0) is 14.0. The van der Waals surface area contributed by atoms with Crippen LogP contribution in [-0.2, 0) is 6.54 Å². The van der Waals surface area contributed by atoms with E-state index in [2.05, 4.69) is 47.0 Å². The van der Waals surface area contributed by atoms with E-state index in [0.717, 1.165) is 23.9 Å². The first-order valence-electron chi connectivity index (χ1n) is 7.51. The van der Waals surface area contributed by atoms with Crippen molar-refractivity contribution < 1.29 is 0 Å². The molecule has 0 aliphatic heterocycles. The van der Waals surface area contributed by atoms with Crippen LogP contribution in [0.15, 0.2) is 36.5 Å². The molecule has 1 aromatic heterocycles. The van der Waals surface area contributed by atoms with Crippen LogP contribution < -0.4 is 5.32 Å². The van der Waals surface area contributed by atoms with Crippen LogP contribution in [0, 0.1) is 12.3 Å². The molecule has 1 fully saturated rings. The second kappa shape index (κ2) is 5.31. The highest BCUT2D eigenvalue weighted by Gasteiger charge is 2.29. The Morgan fingerprint density at radius 3 is 2.60 bits per heavy atom. The zero-order valence-corrected chi connectivity index (χ0v) is 12.4. The van der Waals surface area contributed by atoms with E-state index in [9.17, 15) is 0 Å². The quantitative estimate of drug-likeness (QED) is 0.884. The Hall–Kier alpha value is -1.77. The average Bonchev–Trinajstić information content (AvgIpc) is 2.98. The summed E-state index contributed by atoms with van der Waals surface area (Å²) in [5.74, 6) is 0.960. The number of hydrogen-bond donors (Lipinski definition) is 1. The molecule has 1 N–H and O–H groups in total. The molecule has 3 rings (SSSR count). The fourth-order valence-corrected chi connectivity index (χ4v) is 3.22. The van der Waals surface area contributed by atoms with E-state index in [4.69, 9.17) is 0 Å². The number of nitrogens with zero attached hydrogens (tertiary/aromatic N) is 2. The molecular weight excluding hydrogens is 246 g/mol. The maximum Gasteiger partial charge on any atom is 0.207 e. The van der Waals surface area contributed by atoms with Crippen molar-refractivity contribution in [2.45, 2.75) is 46.1 Å². The topological polar surface area (TPSA) is 29.9 Å². The van der Waals surface area contributed by atoms with E-state index in [1.54, 1.807) is 0 Å². The molecule has 2 aromatic rings. The Balaban J connectivity index is 1.81. The predicted molar refractivity (Wildman–Crippen MR) is 83.3 cm³/mol. The van der Waals surface area contributed by atoms with E-state index < -0.39 is 0 Å². The van der Waals surface area contributed by atoms with Gasteiger partial charge in [0.05, 0.1) is 5.69 Å². The maximum absolute atomic E-state index is 4.63. The third-order valence-electron chi connectivity index (χ3n) is 4.29. The Labute approximate surface area is 121 Å². The summed E-state index contributed by atoms with van der Waals surface area (Å²) < 4.78 is 2.29. The summed E-state index contributed by atoms with van der Waals surface area (Å²) in [6.07, 6.45) is 7.55. The minimum Gasteiger partial charge on any atom is -0.326 e. The number of rotatable bonds is 4. The van der Waals surface area contributed by atoms with Gasteiger partial charge in [0, 0.05) is 18.4 Å². The number of benzene rings is 1. The Morgan fingerprint density at radius 2 is 1.90 bits per heavy atom. The van der Waals surface area contributed by atoms with Gasteiger partial charge < -0.3 is 9.88 Å². The highest BCUT2D eigenvalue weighted by Crippen LogP contribution is 2.39. The molecule has 0 atom stereocenters. The van der Waals surface area contributed by atoms with Crippen LogP contribution in [0.25, 0.3) is 0 Å². The molecule has 0 saturated heterocycles. The first kappa shape index (κ1) is 13.2. The molecule has 0 amide bonds. The highest BCUT2D eigenvalue weighted by molar-refractivity contribution is 5.53. The van der Waals surface area contributed by atoms with Crippen LogP contribution in [0.2, 0.25) is 0 Å². The molecule has 0 bridgehead atoms. The normalized spacial score (nSPS) is 17.3. The Kier molecular flexibility index (Phi) is 3.51. The first-order chi connectivity index (χ1) is 9.65. The SMILES string of the molecule is Cc1cn(CC2(C)CCCC2)c(Nc2ccccc2)n1. The molecule has 0 spiro atoms. The Bertz CT molecular complexity index is 565. The van der Waals surface area contributed by atoms with Crippen molar-refractivity contribution >= 4 is 11.6 Å². The summed E-state index contributed by atoms with van der Waals surface area (Å²) in [5.41, 5.74) is 2.60. The van der Waals surface area contributed by atoms with Gasteiger partial charge in [0.2, 0.25) is 5.95 Å². The molecule has 0 radical (unpaired) electrons. The molecular formula is C17H23N3. The molecule has 1 saturated carbocycles. The van der Waals surface area contributed by atoms with E-state index in [1.165, 1.54) is 25.7 Å². The van der Waals surface area contributed by atoms with E-state index in [1.807, 2.05) is 18.2 Å². The summed E-state index contributed by atoms with van der Waals surface area (Å²) in [6.45, 7) is 5.52. The standard InChI is InChI=1S/C17H23N3/c1-14-12-20(13-17(2)10-6-7-11-17)16(18-14)19-15-8-4-3-5-9-15/h3-5,8-9,12H,6-7,10-11,13H2,1-2H3,(H,18,19). The van der Waals surface area contributed by atoms with E-state index >= 15 is 0 Å². The fourth-order valence-electron chi connectivity index (χ4n) is 3.22. The Morgan fingerprint density at radius 1 is 1.20 bits per heavy atom. The summed E-state index contributed by atoms with van der Waals surface area (Å²) >= 11 is 0. The molecule has 106 valence electrons. The monoisotopic (exact) mass is 269 g/mol. The minimum atomic E-state index is 0.431. The second-order valence-corrected chi connectivity index (χ2v) is 6.34. The lowest BCUT2D eigenvalue weighted by Gasteiger charge is -2.25. The third kappa shape index (κ3) is 2.87. The van der Waals surface area contributed by atoms with Crippen molar-refractivity contribution in [3.63, 3.8) is 0 Å². The van der Waals surface area contributed by atoms with E-state index in [0.29, 0.717) is 5.41 Å². The number of hydrogen-bond acceptors (Lipinski definition) is 2. The van der Waals surface area contributed by atoms with Crippen LogP contribution >= 0.6 is 0 Å². The van der Waals surface area contributed by atoms with Crippen LogP contribution in [0.3, 0.4) is 0 Å². The van der Waals surface area contributed by atoms with Gasteiger partial charge in [0.25, 0.3) is 0 Å². The molecule has 3 nitrogen and oxygen atoms in total. The van der Waals surface area contributed by atoms with Crippen LogP contribution in [0.5, 0.6) is 0 Å². The van der Waals surface area contributed by atoms with E-state index in [-0.39, 0.29) is 0 Å². The third-order valence-corrected chi connectivity index (χ3v) is 4.29. The van der Waals surface area contributed by atoms with Gasteiger partial charge in [-0.1, -0.05) is 38.0 Å². The number of aryl methyl sites for hydroxylation is 1. The lowest BCUT2D eigenvalue weighted by molar-refractivity contribution is 0.283. The van der Waals surface area contributed by atoms with Crippen molar-refractivity contribution in [2.75, 3.05) is 5.32 Å². The second-order valence-electron chi connectivity index (χ2n) is 6.34. The predicted octanol–water partition coefficient (Wildman–Crippen LogP) is 4.52. The fraction of sp³-hybridized carbons (Fsp3) is 0.471. The van der Waals surface area contributed by atoms with Gasteiger partial charge in [-0.3, -0.25) is 0 Å². The van der Waals surface area contributed by atoms with Gasteiger partial charge in [-0.2, -0.15) is 0 Å². The number of anilines is 2. The summed E-state index contributed by atoms with van der Waals surface area (Å²) in [4.78, 5) is 4.63. The smallest absolute Gasteiger partial charge is 0.207 e. The molecule has 1 aliphatic carbocycles. The number of imidazole rings is 1. The van der Waals surface area contributed by atoms with Gasteiger partial charge in [0.1, 0.15) is 0 Å². The summed E-state index contributed by atoms with van der Waals surface area (Å²) in [7, 11) is 0. The molecule has 1 heterocycles. The molecule has 0 unspecified atom stereocenters. The minimum absolute atomic E-state index is 0.431. The largest absolute Gasteiger partial charge is 0.326 e. The molecule has 20 heavy (non-hydrogen) atoms.